The highest BCUT2D eigenvalue weighted by molar-refractivity contribution is 6.31. The Bertz CT molecular complexity index is 453. The van der Waals surface area contributed by atoms with E-state index < -0.39 is 5.97 Å². The summed E-state index contributed by atoms with van der Waals surface area (Å²) in [5.74, 6) is -0.720. The van der Waals surface area contributed by atoms with Crippen LogP contribution in [0.25, 0.3) is 0 Å². The third-order valence-corrected chi connectivity index (χ3v) is 4.04. The minimum Gasteiger partial charge on any atom is -0.481 e. The predicted molar refractivity (Wildman–Crippen MR) is 80.0 cm³/mol. The van der Waals surface area contributed by atoms with Crippen LogP contribution in [0.5, 0.6) is 0 Å². The summed E-state index contributed by atoms with van der Waals surface area (Å²) >= 11 is 6.20. The van der Waals surface area contributed by atoms with Crippen LogP contribution < -0.4 is 0 Å². The van der Waals surface area contributed by atoms with Crippen molar-refractivity contribution in [1.29, 1.82) is 0 Å². The lowest BCUT2D eigenvalue weighted by molar-refractivity contribution is -0.137. The molecule has 1 aromatic carbocycles. The van der Waals surface area contributed by atoms with Crippen molar-refractivity contribution in [2.75, 3.05) is 32.7 Å². The first kappa shape index (κ1) is 15.3. The minimum atomic E-state index is -0.720. The van der Waals surface area contributed by atoms with Gasteiger partial charge in [-0.1, -0.05) is 29.8 Å². The average Bonchev–Trinajstić information content (AvgIpc) is 2.64. The zero-order valence-electron chi connectivity index (χ0n) is 11.6. The molecule has 0 saturated carbocycles. The summed E-state index contributed by atoms with van der Waals surface area (Å²) in [7, 11) is 0. The first-order valence-corrected chi connectivity index (χ1v) is 7.43. The molecule has 1 saturated heterocycles. The van der Waals surface area contributed by atoms with E-state index in [1.54, 1.807) is 0 Å². The van der Waals surface area contributed by atoms with Gasteiger partial charge < -0.3 is 10.0 Å². The van der Waals surface area contributed by atoms with E-state index in [0.717, 1.165) is 49.7 Å². The highest BCUT2D eigenvalue weighted by atomic mass is 35.5. The van der Waals surface area contributed by atoms with Gasteiger partial charge in [0.05, 0.1) is 6.42 Å². The number of hydrogen-bond donors (Lipinski definition) is 1. The maximum atomic E-state index is 10.6. The Labute approximate surface area is 124 Å². The first-order chi connectivity index (χ1) is 9.65. The predicted octanol–water partition coefficient (Wildman–Crippen LogP) is 2.32. The van der Waals surface area contributed by atoms with Gasteiger partial charge in [0.25, 0.3) is 0 Å². The van der Waals surface area contributed by atoms with Crippen molar-refractivity contribution in [2.24, 2.45) is 0 Å². The molecule has 0 unspecified atom stereocenters. The summed E-state index contributed by atoms with van der Waals surface area (Å²) in [4.78, 5) is 15.2. The number of carboxylic acids is 1. The molecule has 20 heavy (non-hydrogen) atoms. The van der Waals surface area contributed by atoms with Crippen LogP contribution in [-0.2, 0) is 11.3 Å². The molecule has 1 N–H and O–H groups in total. The van der Waals surface area contributed by atoms with Gasteiger partial charge in [0.1, 0.15) is 0 Å². The van der Waals surface area contributed by atoms with Crippen molar-refractivity contribution in [2.45, 2.75) is 19.4 Å². The molecule has 0 spiro atoms. The minimum absolute atomic E-state index is 0.227. The third kappa shape index (κ3) is 4.78. The van der Waals surface area contributed by atoms with E-state index in [-0.39, 0.29) is 6.42 Å². The molecule has 0 atom stereocenters. The van der Waals surface area contributed by atoms with Gasteiger partial charge in [0, 0.05) is 31.2 Å². The molecule has 0 radical (unpaired) electrons. The molecule has 0 aromatic heterocycles. The van der Waals surface area contributed by atoms with Gasteiger partial charge in [-0.25, -0.2) is 0 Å². The van der Waals surface area contributed by atoms with Crippen LogP contribution in [0.1, 0.15) is 18.4 Å². The first-order valence-electron chi connectivity index (χ1n) is 7.05. The lowest BCUT2D eigenvalue weighted by Gasteiger charge is -2.21. The van der Waals surface area contributed by atoms with Gasteiger partial charge in [-0.3, -0.25) is 9.69 Å². The average molecular weight is 297 g/mol. The fourth-order valence-corrected chi connectivity index (χ4v) is 2.72. The maximum absolute atomic E-state index is 10.6. The van der Waals surface area contributed by atoms with Crippen molar-refractivity contribution in [1.82, 2.24) is 9.80 Å². The van der Waals surface area contributed by atoms with E-state index >= 15 is 0 Å². The van der Waals surface area contributed by atoms with Gasteiger partial charge in [0.2, 0.25) is 0 Å². The summed E-state index contributed by atoms with van der Waals surface area (Å²) in [6.07, 6.45) is 1.30. The standard InChI is InChI=1S/C15H21ClN2O2/c16-14-5-2-1-4-13(14)12-18-8-3-7-17(10-11-18)9-6-15(19)20/h1-2,4-5H,3,6-12H2,(H,19,20). The lowest BCUT2D eigenvalue weighted by atomic mass is 10.2. The van der Waals surface area contributed by atoms with Crippen molar-refractivity contribution in [3.05, 3.63) is 34.9 Å². The second-order valence-corrected chi connectivity index (χ2v) is 5.61. The smallest absolute Gasteiger partial charge is 0.304 e. The number of aliphatic carboxylic acids is 1. The molecule has 0 amide bonds. The Morgan fingerprint density at radius 2 is 1.85 bits per heavy atom. The second kappa shape index (κ2) is 7.62. The summed E-state index contributed by atoms with van der Waals surface area (Å²) < 4.78 is 0. The van der Waals surface area contributed by atoms with Gasteiger partial charge in [-0.2, -0.15) is 0 Å². The molecule has 4 nitrogen and oxygen atoms in total. The van der Waals surface area contributed by atoms with E-state index in [9.17, 15) is 4.79 Å². The lowest BCUT2D eigenvalue weighted by Crippen LogP contribution is -2.32. The van der Waals surface area contributed by atoms with Crippen LogP contribution in [0.3, 0.4) is 0 Å². The van der Waals surface area contributed by atoms with Crippen molar-refractivity contribution < 1.29 is 9.90 Å². The molecular formula is C15H21ClN2O2. The normalized spacial score (nSPS) is 17.9. The maximum Gasteiger partial charge on any atom is 0.304 e. The molecule has 1 aromatic rings. The Morgan fingerprint density at radius 1 is 1.15 bits per heavy atom. The number of halogens is 1. The van der Waals surface area contributed by atoms with Gasteiger partial charge in [0.15, 0.2) is 0 Å². The van der Waals surface area contributed by atoms with Crippen LogP contribution in [-0.4, -0.2) is 53.6 Å². The topological polar surface area (TPSA) is 43.8 Å². The molecular weight excluding hydrogens is 276 g/mol. The van der Waals surface area contributed by atoms with Crippen molar-refractivity contribution >= 4 is 17.6 Å². The quantitative estimate of drug-likeness (QED) is 0.906. The van der Waals surface area contributed by atoms with E-state index in [0.29, 0.717) is 6.54 Å². The number of benzene rings is 1. The molecule has 1 aliphatic heterocycles. The van der Waals surface area contributed by atoms with Crippen LogP contribution in [0.2, 0.25) is 5.02 Å². The molecule has 5 heteroatoms. The summed E-state index contributed by atoms with van der Waals surface area (Å²) in [5.41, 5.74) is 1.16. The van der Waals surface area contributed by atoms with Crippen LogP contribution in [0, 0.1) is 0 Å². The Hall–Kier alpha value is -1.10. The highest BCUT2D eigenvalue weighted by Gasteiger charge is 2.16. The van der Waals surface area contributed by atoms with Gasteiger partial charge >= 0.3 is 5.97 Å². The van der Waals surface area contributed by atoms with Crippen LogP contribution in [0.4, 0.5) is 0 Å². The molecule has 1 aliphatic rings. The monoisotopic (exact) mass is 296 g/mol. The molecule has 110 valence electrons. The number of carboxylic acid groups (broad SMARTS) is 1. The van der Waals surface area contributed by atoms with E-state index in [4.69, 9.17) is 16.7 Å². The van der Waals surface area contributed by atoms with Gasteiger partial charge in [-0.15, -0.1) is 0 Å². The molecule has 1 heterocycles. The van der Waals surface area contributed by atoms with Crippen LogP contribution >= 0.6 is 11.6 Å². The van der Waals surface area contributed by atoms with Crippen LogP contribution in [0.15, 0.2) is 24.3 Å². The largest absolute Gasteiger partial charge is 0.481 e. The Morgan fingerprint density at radius 3 is 2.60 bits per heavy atom. The highest BCUT2D eigenvalue weighted by Crippen LogP contribution is 2.17. The fourth-order valence-electron chi connectivity index (χ4n) is 2.53. The molecule has 0 aliphatic carbocycles. The van der Waals surface area contributed by atoms with E-state index in [1.165, 1.54) is 0 Å². The Balaban J connectivity index is 1.83. The SMILES string of the molecule is O=C(O)CCN1CCCN(Cc2ccccc2Cl)CC1. The number of carbonyl (C=O) groups is 1. The fraction of sp³-hybridized carbons (Fsp3) is 0.533. The van der Waals surface area contributed by atoms with Crippen molar-refractivity contribution in [3.63, 3.8) is 0 Å². The second-order valence-electron chi connectivity index (χ2n) is 5.21. The zero-order valence-corrected chi connectivity index (χ0v) is 12.4. The Kier molecular flexibility index (Phi) is 5.83. The third-order valence-electron chi connectivity index (χ3n) is 3.67. The zero-order chi connectivity index (χ0) is 14.4. The summed E-state index contributed by atoms with van der Waals surface area (Å²) in [6, 6.07) is 7.95. The number of nitrogens with zero attached hydrogens (tertiary/aromatic N) is 2. The molecule has 2 rings (SSSR count). The van der Waals surface area contributed by atoms with E-state index in [1.807, 2.05) is 18.2 Å². The molecule has 0 bridgehead atoms. The summed E-state index contributed by atoms with van der Waals surface area (Å²) in [5, 5.41) is 9.56. The number of rotatable bonds is 5. The molecule has 1 fully saturated rings. The van der Waals surface area contributed by atoms with E-state index in [2.05, 4.69) is 15.9 Å². The number of hydrogen-bond acceptors (Lipinski definition) is 3. The summed E-state index contributed by atoms with van der Waals surface area (Å²) in [6.45, 7) is 5.42. The van der Waals surface area contributed by atoms with Gasteiger partial charge in [-0.05, 0) is 31.1 Å². The van der Waals surface area contributed by atoms with Crippen molar-refractivity contribution in [3.8, 4) is 0 Å².